The lowest BCUT2D eigenvalue weighted by atomic mass is 9.99. The second kappa shape index (κ2) is 5.76. The van der Waals surface area contributed by atoms with E-state index in [1.165, 1.54) is 31.3 Å². The molecule has 0 amide bonds. The zero-order valence-electron chi connectivity index (χ0n) is 8.29. The predicted molar refractivity (Wildman–Crippen MR) is 56.5 cm³/mol. The summed E-state index contributed by atoms with van der Waals surface area (Å²) in [6, 6.07) is 0. The molecule has 1 nitrogen and oxygen atoms in total. The highest BCUT2D eigenvalue weighted by atomic mass is 16.2. The minimum absolute atomic E-state index is 0.134. The van der Waals surface area contributed by atoms with Crippen LogP contribution in [0, 0.1) is 0 Å². The summed E-state index contributed by atoms with van der Waals surface area (Å²) in [7, 11) is 0. The van der Waals surface area contributed by atoms with Gasteiger partial charge in [0.2, 0.25) is 0 Å². The molecular formula is C12H18O. The van der Waals surface area contributed by atoms with Gasteiger partial charge in [-0.1, -0.05) is 35.5 Å². The third-order valence-corrected chi connectivity index (χ3v) is 2.30. The fourth-order valence-electron chi connectivity index (χ4n) is 1.46. The van der Waals surface area contributed by atoms with Crippen molar-refractivity contribution >= 4 is 0 Å². The van der Waals surface area contributed by atoms with E-state index in [0.717, 1.165) is 5.57 Å². The van der Waals surface area contributed by atoms with Gasteiger partial charge < -0.3 is 5.11 Å². The Labute approximate surface area is 80.5 Å². The van der Waals surface area contributed by atoms with E-state index < -0.39 is 0 Å². The molecule has 0 atom stereocenters. The van der Waals surface area contributed by atoms with Gasteiger partial charge in [0.25, 0.3) is 0 Å². The van der Waals surface area contributed by atoms with E-state index in [1.54, 1.807) is 0 Å². The molecule has 1 rings (SSSR count). The molecule has 1 heteroatoms. The van der Waals surface area contributed by atoms with Crippen molar-refractivity contribution in [1.29, 1.82) is 0 Å². The van der Waals surface area contributed by atoms with Crippen LogP contribution in [0.1, 0.15) is 32.6 Å². The van der Waals surface area contributed by atoms with E-state index in [9.17, 15) is 0 Å². The van der Waals surface area contributed by atoms with Gasteiger partial charge in [0.05, 0.1) is 6.61 Å². The molecule has 0 aliphatic heterocycles. The van der Waals surface area contributed by atoms with Crippen molar-refractivity contribution in [3.05, 3.63) is 35.5 Å². The lowest BCUT2D eigenvalue weighted by Crippen LogP contribution is -1.88. The monoisotopic (exact) mass is 178 g/mol. The quantitative estimate of drug-likeness (QED) is 0.659. The van der Waals surface area contributed by atoms with E-state index >= 15 is 0 Å². The smallest absolute Gasteiger partial charge is 0.0617 e. The van der Waals surface area contributed by atoms with Crippen LogP contribution in [0.25, 0.3) is 0 Å². The maximum atomic E-state index is 8.65. The Morgan fingerprint density at radius 3 is 3.00 bits per heavy atom. The SMILES string of the molecule is CC(/C=C/C1=CCCCC1)=C\CO. The molecule has 0 radical (unpaired) electrons. The molecule has 0 heterocycles. The maximum absolute atomic E-state index is 8.65. The van der Waals surface area contributed by atoms with Crippen LogP contribution in [0.5, 0.6) is 0 Å². The van der Waals surface area contributed by atoms with Gasteiger partial charge in [0.15, 0.2) is 0 Å². The van der Waals surface area contributed by atoms with Crippen molar-refractivity contribution in [3.8, 4) is 0 Å². The van der Waals surface area contributed by atoms with E-state index in [-0.39, 0.29) is 6.61 Å². The Bertz CT molecular complexity index is 234. The largest absolute Gasteiger partial charge is 0.392 e. The molecular weight excluding hydrogens is 160 g/mol. The van der Waals surface area contributed by atoms with E-state index in [0.29, 0.717) is 0 Å². The molecule has 0 spiro atoms. The lowest BCUT2D eigenvalue weighted by molar-refractivity contribution is 0.342. The van der Waals surface area contributed by atoms with Crippen LogP contribution in [-0.4, -0.2) is 11.7 Å². The van der Waals surface area contributed by atoms with Crippen molar-refractivity contribution in [3.63, 3.8) is 0 Å². The van der Waals surface area contributed by atoms with Gasteiger partial charge >= 0.3 is 0 Å². The highest BCUT2D eigenvalue weighted by molar-refractivity contribution is 5.27. The Morgan fingerprint density at radius 2 is 2.38 bits per heavy atom. The molecule has 0 saturated carbocycles. The molecule has 0 unspecified atom stereocenters. The summed E-state index contributed by atoms with van der Waals surface area (Å²) in [5, 5.41) is 8.65. The first-order chi connectivity index (χ1) is 6.33. The average Bonchev–Trinajstić information content (AvgIpc) is 2.17. The fourth-order valence-corrected chi connectivity index (χ4v) is 1.46. The normalized spacial score (nSPS) is 19.2. The predicted octanol–water partition coefficient (Wildman–Crippen LogP) is 2.98. The molecule has 0 aromatic rings. The number of aliphatic hydroxyl groups is 1. The van der Waals surface area contributed by atoms with Crippen molar-refractivity contribution in [2.45, 2.75) is 32.6 Å². The van der Waals surface area contributed by atoms with Crippen LogP contribution in [0.2, 0.25) is 0 Å². The summed E-state index contributed by atoms with van der Waals surface area (Å²) in [5.41, 5.74) is 2.57. The highest BCUT2D eigenvalue weighted by Crippen LogP contribution is 2.18. The molecule has 0 saturated heterocycles. The topological polar surface area (TPSA) is 20.2 Å². The summed E-state index contributed by atoms with van der Waals surface area (Å²) < 4.78 is 0. The molecule has 0 bridgehead atoms. The minimum atomic E-state index is 0.134. The van der Waals surface area contributed by atoms with E-state index in [4.69, 9.17) is 5.11 Å². The standard InChI is InChI=1S/C12H18O/c1-11(9-10-13)7-8-12-5-3-2-4-6-12/h5,7-9,13H,2-4,6,10H2,1H3/b8-7+,11-9+. The Morgan fingerprint density at radius 1 is 1.54 bits per heavy atom. The second-order valence-corrected chi connectivity index (χ2v) is 3.49. The summed E-state index contributed by atoms with van der Waals surface area (Å²) in [6.07, 6.45) is 13.5. The van der Waals surface area contributed by atoms with Crippen LogP contribution < -0.4 is 0 Å². The van der Waals surface area contributed by atoms with Gasteiger partial charge in [-0.3, -0.25) is 0 Å². The van der Waals surface area contributed by atoms with E-state index in [1.807, 2.05) is 13.0 Å². The highest BCUT2D eigenvalue weighted by Gasteiger charge is 1.98. The summed E-state index contributed by atoms with van der Waals surface area (Å²) in [6.45, 7) is 2.14. The molecule has 72 valence electrons. The van der Waals surface area contributed by atoms with Crippen molar-refractivity contribution in [2.24, 2.45) is 0 Å². The first-order valence-electron chi connectivity index (χ1n) is 4.97. The zero-order chi connectivity index (χ0) is 9.52. The molecule has 1 aliphatic rings. The number of hydrogen-bond acceptors (Lipinski definition) is 1. The van der Waals surface area contributed by atoms with Crippen molar-refractivity contribution < 1.29 is 5.11 Å². The fraction of sp³-hybridized carbons (Fsp3) is 0.500. The van der Waals surface area contributed by atoms with Gasteiger partial charge in [0.1, 0.15) is 0 Å². The lowest BCUT2D eigenvalue weighted by Gasteiger charge is -2.07. The molecule has 1 aliphatic carbocycles. The summed E-state index contributed by atoms with van der Waals surface area (Å²) in [5.74, 6) is 0. The Hall–Kier alpha value is -0.820. The van der Waals surface area contributed by atoms with Crippen LogP contribution in [0.15, 0.2) is 35.5 Å². The number of rotatable bonds is 3. The van der Waals surface area contributed by atoms with Crippen LogP contribution in [-0.2, 0) is 0 Å². The van der Waals surface area contributed by atoms with Crippen molar-refractivity contribution in [2.75, 3.05) is 6.61 Å². The van der Waals surface area contributed by atoms with Gasteiger partial charge in [-0.25, -0.2) is 0 Å². The van der Waals surface area contributed by atoms with Crippen molar-refractivity contribution in [1.82, 2.24) is 0 Å². The summed E-state index contributed by atoms with van der Waals surface area (Å²) >= 11 is 0. The Balaban J connectivity index is 2.46. The van der Waals surface area contributed by atoms with Gasteiger partial charge in [0, 0.05) is 0 Å². The first-order valence-corrected chi connectivity index (χ1v) is 4.97. The number of hydrogen-bond donors (Lipinski definition) is 1. The summed E-state index contributed by atoms with van der Waals surface area (Å²) in [4.78, 5) is 0. The molecule has 13 heavy (non-hydrogen) atoms. The molecule has 0 fully saturated rings. The average molecular weight is 178 g/mol. The van der Waals surface area contributed by atoms with Gasteiger partial charge in [-0.2, -0.15) is 0 Å². The number of aliphatic hydroxyl groups excluding tert-OH is 1. The first kappa shape index (κ1) is 10.3. The van der Waals surface area contributed by atoms with Gasteiger partial charge in [-0.05, 0) is 32.6 Å². The zero-order valence-corrected chi connectivity index (χ0v) is 8.29. The minimum Gasteiger partial charge on any atom is -0.392 e. The van der Waals surface area contributed by atoms with Crippen LogP contribution >= 0.6 is 0 Å². The third kappa shape index (κ3) is 4.09. The second-order valence-electron chi connectivity index (χ2n) is 3.49. The third-order valence-electron chi connectivity index (χ3n) is 2.30. The molecule has 1 N–H and O–H groups in total. The molecule has 0 aromatic heterocycles. The Kier molecular flexibility index (Phi) is 4.55. The maximum Gasteiger partial charge on any atom is 0.0617 e. The van der Waals surface area contributed by atoms with Gasteiger partial charge in [-0.15, -0.1) is 0 Å². The van der Waals surface area contributed by atoms with E-state index in [2.05, 4.69) is 18.2 Å². The van der Waals surface area contributed by atoms with Crippen LogP contribution in [0.3, 0.4) is 0 Å². The molecule has 0 aromatic carbocycles. The number of allylic oxidation sites excluding steroid dienone is 5. The van der Waals surface area contributed by atoms with Crippen LogP contribution in [0.4, 0.5) is 0 Å².